The highest BCUT2D eigenvalue weighted by atomic mass is 19.1. The predicted octanol–water partition coefficient (Wildman–Crippen LogP) is 4.25. The van der Waals surface area contributed by atoms with E-state index in [1.807, 2.05) is 0 Å². The molecule has 1 heterocycles. The van der Waals surface area contributed by atoms with Crippen LogP contribution in [0.3, 0.4) is 0 Å². The van der Waals surface area contributed by atoms with Gasteiger partial charge in [0.15, 0.2) is 11.5 Å². The third kappa shape index (κ3) is 2.67. The number of hydrogen-bond acceptors (Lipinski definition) is 5. The first kappa shape index (κ1) is 16.4. The number of benzene rings is 2. The van der Waals surface area contributed by atoms with Gasteiger partial charge in [-0.25, -0.2) is 9.18 Å². The van der Waals surface area contributed by atoms with Gasteiger partial charge in [0.2, 0.25) is 5.69 Å². The maximum absolute atomic E-state index is 14.1. The standard InChI is InChI=1S/C20H16FNO4/c1-2-25-20(24)17-16(19(26-22-17)11-7-8-11)18(23)14-9-10-15(21)13-6-4-3-5-12(13)14/h3-6,9-11H,2,7-8H2,1H3. The molecule has 2 aromatic carbocycles. The van der Waals surface area contributed by atoms with Crippen LogP contribution < -0.4 is 0 Å². The largest absolute Gasteiger partial charge is 0.461 e. The van der Waals surface area contributed by atoms with Crippen molar-refractivity contribution in [3.8, 4) is 0 Å². The number of fused-ring (bicyclic) bond motifs is 1. The Hall–Kier alpha value is -3.02. The van der Waals surface area contributed by atoms with Gasteiger partial charge in [-0.1, -0.05) is 29.4 Å². The molecule has 4 rings (SSSR count). The van der Waals surface area contributed by atoms with E-state index in [1.165, 1.54) is 12.1 Å². The zero-order valence-corrected chi connectivity index (χ0v) is 14.1. The summed E-state index contributed by atoms with van der Waals surface area (Å²) in [7, 11) is 0. The van der Waals surface area contributed by atoms with Crippen molar-refractivity contribution < 1.29 is 23.2 Å². The molecular formula is C20H16FNO4. The van der Waals surface area contributed by atoms with E-state index in [2.05, 4.69) is 5.16 Å². The van der Waals surface area contributed by atoms with E-state index in [1.54, 1.807) is 31.2 Å². The number of carbonyl (C=O) groups is 2. The smallest absolute Gasteiger partial charge is 0.361 e. The van der Waals surface area contributed by atoms with Gasteiger partial charge in [-0.3, -0.25) is 4.79 Å². The van der Waals surface area contributed by atoms with Crippen LogP contribution in [0.4, 0.5) is 4.39 Å². The van der Waals surface area contributed by atoms with E-state index >= 15 is 0 Å². The second kappa shape index (κ2) is 6.37. The molecule has 0 aliphatic heterocycles. The number of halogens is 1. The molecule has 26 heavy (non-hydrogen) atoms. The zero-order valence-electron chi connectivity index (χ0n) is 14.1. The lowest BCUT2D eigenvalue weighted by molar-refractivity contribution is 0.0512. The molecule has 0 saturated heterocycles. The molecule has 0 spiro atoms. The molecule has 3 aromatic rings. The van der Waals surface area contributed by atoms with Crippen molar-refractivity contribution in [3.05, 3.63) is 64.8 Å². The summed E-state index contributed by atoms with van der Waals surface area (Å²) in [5.74, 6) is -1.02. The van der Waals surface area contributed by atoms with E-state index in [-0.39, 0.29) is 23.8 Å². The number of rotatable bonds is 5. The van der Waals surface area contributed by atoms with Crippen LogP contribution in [0.5, 0.6) is 0 Å². The molecule has 1 fully saturated rings. The average Bonchev–Trinajstić information content (AvgIpc) is 3.40. The van der Waals surface area contributed by atoms with Crippen molar-refractivity contribution in [3.63, 3.8) is 0 Å². The Morgan fingerprint density at radius 1 is 1.19 bits per heavy atom. The van der Waals surface area contributed by atoms with Crippen molar-refractivity contribution in [2.24, 2.45) is 0 Å². The van der Waals surface area contributed by atoms with Gasteiger partial charge in [0.05, 0.1) is 6.61 Å². The van der Waals surface area contributed by atoms with Gasteiger partial charge >= 0.3 is 5.97 Å². The molecule has 0 unspecified atom stereocenters. The number of hydrogen-bond donors (Lipinski definition) is 0. The van der Waals surface area contributed by atoms with Gasteiger partial charge in [0.25, 0.3) is 0 Å². The van der Waals surface area contributed by atoms with Crippen molar-refractivity contribution >= 4 is 22.5 Å². The fourth-order valence-electron chi connectivity index (χ4n) is 3.08. The molecular weight excluding hydrogens is 337 g/mol. The van der Waals surface area contributed by atoms with Crippen LogP contribution in [-0.4, -0.2) is 23.5 Å². The molecule has 0 N–H and O–H groups in total. The summed E-state index contributed by atoms with van der Waals surface area (Å²) in [6.45, 7) is 1.84. The van der Waals surface area contributed by atoms with Crippen molar-refractivity contribution in [1.82, 2.24) is 5.16 Å². The van der Waals surface area contributed by atoms with E-state index in [4.69, 9.17) is 9.26 Å². The number of ketones is 1. The number of esters is 1. The van der Waals surface area contributed by atoms with Crippen LogP contribution in [0.1, 0.15) is 57.9 Å². The lowest BCUT2D eigenvalue weighted by atomic mass is 9.95. The summed E-state index contributed by atoms with van der Waals surface area (Å²) >= 11 is 0. The van der Waals surface area contributed by atoms with E-state index in [9.17, 15) is 14.0 Å². The Labute approximate surface area is 148 Å². The van der Waals surface area contributed by atoms with Crippen LogP contribution in [0, 0.1) is 5.82 Å². The maximum atomic E-state index is 14.1. The van der Waals surface area contributed by atoms with Crippen LogP contribution in [0.25, 0.3) is 10.8 Å². The van der Waals surface area contributed by atoms with Gasteiger partial charge in [0, 0.05) is 16.9 Å². The Kier molecular flexibility index (Phi) is 4.03. The molecule has 1 aliphatic rings. The summed E-state index contributed by atoms with van der Waals surface area (Å²) in [6.07, 6.45) is 1.75. The third-order valence-electron chi connectivity index (χ3n) is 4.48. The van der Waals surface area contributed by atoms with Crippen molar-refractivity contribution in [2.45, 2.75) is 25.7 Å². The number of carbonyl (C=O) groups excluding carboxylic acids is 2. The molecule has 1 aliphatic carbocycles. The minimum atomic E-state index is -0.696. The molecule has 0 radical (unpaired) electrons. The molecule has 132 valence electrons. The summed E-state index contributed by atoms with van der Waals surface area (Å²) < 4.78 is 24.4. The SMILES string of the molecule is CCOC(=O)c1noc(C2CC2)c1C(=O)c1ccc(F)c2ccccc12. The average molecular weight is 353 g/mol. The predicted molar refractivity (Wildman–Crippen MR) is 91.8 cm³/mol. The van der Waals surface area contributed by atoms with E-state index in [0.29, 0.717) is 22.1 Å². The molecule has 0 bridgehead atoms. The summed E-state index contributed by atoms with van der Waals surface area (Å²) in [5, 5.41) is 4.63. The number of aromatic nitrogens is 1. The second-order valence-corrected chi connectivity index (χ2v) is 6.23. The minimum Gasteiger partial charge on any atom is -0.461 e. The van der Waals surface area contributed by atoms with Gasteiger partial charge in [-0.2, -0.15) is 0 Å². The Morgan fingerprint density at radius 2 is 1.92 bits per heavy atom. The fraction of sp³-hybridized carbons (Fsp3) is 0.250. The molecule has 0 amide bonds. The Balaban J connectivity index is 1.88. The topological polar surface area (TPSA) is 69.4 Å². The number of ether oxygens (including phenoxy) is 1. The molecule has 1 saturated carbocycles. The lowest BCUT2D eigenvalue weighted by Gasteiger charge is -2.08. The highest BCUT2D eigenvalue weighted by molar-refractivity contribution is 6.20. The normalized spacial score (nSPS) is 13.8. The summed E-state index contributed by atoms with van der Waals surface area (Å²) in [6, 6.07) is 9.42. The van der Waals surface area contributed by atoms with E-state index < -0.39 is 17.6 Å². The molecule has 1 aromatic heterocycles. The quantitative estimate of drug-likeness (QED) is 0.506. The van der Waals surface area contributed by atoms with Crippen LogP contribution >= 0.6 is 0 Å². The van der Waals surface area contributed by atoms with Gasteiger partial charge in [-0.15, -0.1) is 0 Å². The molecule has 5 nitrogen and oxygen atoms in total. The lowest BCUT2D eigenvalue weighted by Crippen LogP contribution is -2.13. The van der Waals surface area contributed by atoms with Gasteiger partial charge in [-0.05, 0) is 37.3 Å². The Bertz CT molecular complexity index is 1020. The first-order valence-corrected chi connectivity index (χ1v) is 8.50. The summed E-state index contributed by atoms with van der Waals surface area (Å²) in [4.78, 5) is 25.5. The highest BCUT2D eigenvalue weighted by Gasteiger charge is 2.37. The van der Waals surface area contributed by atoms with Crippen molar-refractivity contribution in [2.75, 3.05) is 6.61 Å². The maximum Gasteiger partial charge on any atom is 0.361 e. The third-order valence-corrected chi connectivity index (χ3v) is 4.48. The first-order chi connectivity index (χ1) is 12.6. The van der Waals surface area contributed by atoms with Crippen molar-refractivity contribution in [1.29, 1.82) is 0 Å². The molecule has 6 heteroatoms. The fourth-order valence-corrected chi connectivity index (χ4v) is 3.08. The molecule has 0 atom stereocenters. The second-order valence-electron chi connectivity index (χ2n) is 6.23. The first-order valence-electron chi connectivity index (χ1n) is 8.50. The van der Waals surface area contributed by atoms with Crippen LogP contribution in [0.2, 0.25) is 0 Å². The summed E-state index contributed by atoms with van der Waals surface area (Å²) in [5.41, 5.74) is 0.313. The number of nitrogens with zero attached hydrogens (tertiary/aromatic N) is 1. The zero-order chi connectivity index (χ0) is 18.3. The van der Waals surface area contributed by atoms with Gasteiger partial charge in [0.1, 0.15) is 11.4 Å². The van der Waals surface area contributed by atoms with E-state index in [0.717, 1.165) is 12.8 Å². The van der Waals surface area contributed by atoms with Crippen LogP contribution in [-0.2, 0) is 4.74 Å². The minimum absolute atomic E-state index is 0.0799. The Morgan fingerprint density at radius 3 is 2.62 bits per heavy atom. The van der Waals surface area contributed by atoms with Crippen LogP contribution in [0.15, 0.2) is 40.9 Å². The monoisotopic (exact) mass is 353 g/mol. The highest BCUT2D eigenvalue weighted by Crippen LogP contribution is 2.43. The van der Waals surface area contributed by atoms with Gasteiger partial charge < -0.3 is 9.26 Å².